The van der Waals surface area contributed by atoms with E-state index in [1.807, 2.05) is 13.8 Å². The zero-order valence-electron chi connectivity index (χ0n) is 10.2. The van der Waals surface area contributed by atoms with E-state index >= 15 is 0 Å². The highest BCUT2D eigenvalue weighted by Gasteiger charge is 2.18. The molecular formula is C13H14BrFN2O. The highest BCUT2D eigenvalue weighted by atomic mass is 79.9. The van der Waals surface area contributed by atoms with Gasteiger partial charge in [0.05, 0.1) is 6.04 Å². The number of halogens is 2. The lowest BCUT2D eigenvalue weighted by atomic mass is 10.0. The minimum Gasteiger partial charge on any atom is -0.359 e. The lowest BCUT2D eigenvalue weighted by Crippen LogP contribution is -2.15. The molecule has 2 rings (SSSR count). The highest BCUT2D eigenvalue weighted by Crippen LogP contribution is 2.30. The van der Waals surface area contributed by atoms with Crippen molar-refractivity contribution in [3.8, 4) is 11.3 Å². The second kappa shape index (κ2) is 5.20. The summed E-state index contributed by atoms with van der Waals surface area (Å²) < 4.78 is 19.2. The molecule has 0 aliphatic rings. The van der Waals surface area contributed by atoms with Crippen LogP contribution in [0.4, 0.5) is 4.39 Å². The first-order chi connectivity index (χ1) is 8.49. The molecule has 0 saturated heterocycles. The molecule has 1 aromatic carbocycles. The molecule has 0 spiro atoms. The van der Waals surface area contributed by atoms with Crippen LogP contribution >= 0.6 is 15.9 Å². The van der Waals surface area contributed by atoms with Crippen LogP contribution in [0.2, 0.25) is 0 Å². The average Bonchev–Trinajstić information content (AvgIpc) is 2.80. The normalized spacial score (nSPS) is 13.0. The second-order valence-electron chi connectivity index (χ2n) is 4.51. The summed E-state index contributed by atoms with van der Waals surface area (Å²) in [5.74, 6) is 0.545. The molecule has 1 heterocycles. The zero-order valence-corrected chi connectivity index (χ0v) is 11.7. The Bertz CT molecular complexity index is 554. The minimum absolute atomic E-state index is 0.210. The molecular weight excluding hydrogens is 299 g/mol. The Morgan fingerprint density at radius 3 is 2.72 bits per heavy atom. The predicted octanol–water partition coefficient (Wildman–Crippen LogP) is 3.90. The van der Waals surface area contributed by atoms with Crippen LogP contribution in [0.3, 0.4) is 0 Å². The van der Waals surface area contributed by atoms with Crippen molar-refractivity contribution in [1.82, 2.24) is 5.16 Å². The monoisotopic (exact) mass is 312 g/mol. The van der Waals surface area contributed by atoms with Gasteiger partial charge in [-0.15, -0.1) is 0 Å². The van der Waals surface area contributed by atoms with Crippen molar-refractivity contribution in [2.45, 2.75) is 19.9 Å². The summed E-state index contributed by atoms with van der Waals surface area (Å²) in [5.41, 5.74) is 7.21. The van der Waals surface area contributed by atoms with Gasteiger partial charge in [0, 0.05) is 16.1 Å². The Kier molecular flexibility index (Phi) is 3.82. The summed E-state index contributed by atoms with van der Waals surface area (Å²) >= 11 is 3.36. The van der Waals surface area contributed by atoms with Gasteiger partial charge in [0.25, 0.3) is 0 Å². The van der Waals surface area contributed by atoms with Crippen LogP contribution in [0.5, 0.6) is 0 Å². The third-order valence-corrected chi connectivity index (χ3v) is 3.47. The maximum Gasteiger partial charge on any atom is 0.154 e. The van der Waals surface area contributed by atoms with Gasteiger partial charge in [0.15, 0.2) is 5.76 Å². The molecule has 2 N–H and O–H groups in total. The lowest BCUT2D eigenvalue weighted by Gasteiger charge is -2.10. The van der Waals surface area contributed by atoms with E-state index in [1.54, 1.807) is 12.1 Å². The summed E-state index contributed by atoms with van der Waals surface area (Å²) in [5, 5.41) is 3.94. The van der Waals surface area contributed by atoms with E-state index in [4.69, 9.17) is 10.3 Å². The summed E-state index contributed by atoms with van der Waals surface area (Å²) in [6.07, 6.45) is 0. The van der Waals surface area contributed by atoms with Crippen molar-refractivity contribution in [3.63, 3.8) is 0 Å². The molecule has 96 valence electrons. The Balaban J connectivity index is 2.38. The number of hydrogen-bond donors (Lipinski definition) is 1. The molecule has 0 saturated carbocycles. The molecule has 0 radical (unpaired) electrons. The molecule has 5 heteroatoms. The topological polar surface area (TPSA) is 52.0 Å². The van der Waals surface area contributed by atoms with Gasteiger partial charge in [0.2, 0.25) is 0 Å². The first kappa shape index (κ1) is 13.2. The van der Waals surface area contributed by atoms with E-state index < -0.39 is 0 Å². The number of hydrogen-bond acceptors (Lipinski definition) is 3. The Labute approximate surface area is 113 Å². The third kappa shape index (κ3) is 2.62. The van der Waals surface area contributed by atoms with Gasteiger partial charge in [-0.3, -0.25) is 0 Å². The fourth-order valence-corrected chi connectivity index (χ4v) is 2.05. The SMILES string of the molecule is CC(C)C(N)c1cc(-c2cc(F)ccc2Br)no1. The molecule has 1 aromatic heterocycles. The molecule has 18 heavy (non-hydrogen) atoms. The second-order valence-corrected chi connectivity index (χ2v) is 5.36. The lowest BCUT2D eigenvalue weighted by molar-refractivity contribution is 0.333. The van der Waals surface area contributed by atoms with Crippen molar-refractivity contribution in [1.29, 1.82) is 0 Å². The van der Waals surface area contributed by atoms with Crippen molar-refractivity contribution in [2.24, 2.45) is 11.7 Å². The van der Waals surface area contributed by atoms with Crippen molar-refractivity contribution in [3.05, 3.63) is 40.3 Å². The van der Waals surface area contributed by atoms with Crippen LogP contribution in [0.1, 0.15) is 25.6 Å². The largest absolute Gasteiger partial charge is 0.359 e. The van der Waals surface area contributed by atoms with Crippen LogP contribution in [0.25, 0.3) is 11.3 Å². The highest BCUT2D eigenvalue weighted by molar-refractivity contribution is 9.10. The summed E-state index contributed by atoms with van der Waals surface area (Å²) in [7, 11) is 0. The molecule has 0 amide bonds. The molecule has 2 aromatic rings. The summed E-state index contributed by atoms with van der Waals surface area (Å²) in [6, 6.07) is 5.98. The Morgan fingerprint density at radius 1 is 1.33 bits per heavy atom. The third-order valence-electron chi connectivity index (χ3n) is 2.78. The van der Waals surface area contributed by atoms with Gasteiger partial charge in [0.1, 0.15) is 11.5 Å². The van der Waals surface area contributed by atoms with E-state index in [2.05, 4.69) is 21.1 Å². The standard InChI is InChI=1S/C13H14BrFN2O/c1-7(2)13(16)12-6-11(17-18-12)9-5-8(15)3-4-10(9)14/h3-7,13H,16H2,1-2H3. The van der Waals surface area contributed by atoms with E-state index in [0.29, 0.717) is 17.0 Å². The first-order valence-electron chi connectivity index (χ1n) is 5.66. The van der Waals surface area contributed by atoms with Gasteiger partial charge in [-0.05, 0) is 24.1 Å². The van der Waals surface area contributed by atoms with E-state index in [0.717, 1.165) is 4.47 Å². The number of rotatable bonds is 3. The molecule has 0 aliphatic heterocycles. The fraction of sp³-hybridized carbons (Fsp3) is 0.308. The van der Waals surface area contributed by atoms with Crippen molar-refractivity contribution in [2.75, 3.05) is 0 Å². The van der Waals surface area contributed by atoms with Crippen LogP contribution in [0, 0.1) is 11.7 Å². The summed E-state index contributed by atoms with van der Waals surface area (Å²) in [4.78, 5) is 0. The molecule has 3 nitrogen and oxygen atoms in total. The van der Waals surface area contributed by atoms with Gasteiger partial charge >= 0.3 is 0 Å². The summed E-state index contributed by atoms with van der Waals surface area (Å²) in [6.45, 7) is 4.01. The number of nitrogens with two attached hydrogens (primary N) is 1. The molecule has 0 aliphatic carbocycles. The predicted molar refractivity (Wildman–Crippen MR) is 71.4 cm³/mol. The van der Waals surface area contributed by atoms with Gasteiger partial charge in [-0.1, -0.05) is 34.9 Å². The Hall–Kier alpha value is -1.20. The van der Waals surface area contributed by atoms with Crippen LogP contribution < -0.4 is 5.73 Å². The van der Waals surface area contributed by atoms with Crippen molar-refractivity contribution >= 4 is 15.9 Å². The van der Waals surface area contributed by atoms with E-state index in [9.17, 15) is 4.39 Å². The van der Waals surface area contributed by atoms with Gasteiger partial charge in [-0.25, -0.2) is 4.39 Å². The number of aromatic nitrogens is 1. The molecule has 1 unspecified atom stereocenters. The van der Waals surface area contributed by atoms with E-state index in [1.165, 1.54) is 12.1 Å². The zero-order chi connectivity index (χ0) is 13.3. The first-order valence-corrected chi connectivity index (χ1v) is 6.46. The molecule has 0 fully saturated rings. The quantitative estimate of drug-likeness (QED) is 0.935. The van der Waals surface area contributed by atoms with Gasteiger partial charge < -0.3 is 10.3 Å². The smallest absolute Gasteiger partial charge is 0.154 e. The number of nitrogens with zero attached hydrogens (tertiary/aromatic N) is 1. The van der Waals surface area contributed by atoms with Crippen LogP contribution in [-0.2, 0) is 0 Å². The maximum atomic E-state index is 13.2. The van der Waals surface area contributed by atoms with Crippen LogP contribution in [0.15, 0.2) is 33.3 Å². The fourth-order valence-electron chi connectivity index (χ4n) is 1.60. The van der Waals surface area contributed by atoms with Crippen molar-refractivity contribution < 1.29 is 8.91 Å². The Morgan fingerprint density at radius 2 is 2.06 bits per heavy atom. The molecule has 1 atom stereocenters. The maximum absolute atomic E-state index is 13.2. The van der Waals surface area contributed by atoms with Gasteiger partial charge in [-0.2, -0.15) is 0 Å². The van der Waals surface area contributed by atoms with E-state index in [-0.39, 0.29) is 17.8 Å². The molecule has 0 bridgehead atoms. The minimum atomic E-state index is -0.314. The van der Waals surface area contributed by atoms with Crippen LogP contribution in [-0.4, -0.2) is 5.16 Å². The average molecular weight is 313 g/mol. The number of benzene rings is 1.